The van der Waals surface area contributed by atoms with Gasteiger partial charge in [-0.05, 0) is 24.1 Å². The molecule has 0 amide bonds. The molecule has 0 unspecified atom stereocenters. The molecule has 0 radical (unpaired) electrons. The van der Waals surface area contributed by atoms with Gasteiger partial charge in [0.1, 0.15) is 5.75 Å². The van der Waals surface area contributed by atoms with Crippen molar-refractivity contribution in [2.75, 3.05) is 20.1 Å². The van der Waals surface area contributed by atoms with Gasteiger partial charge in [0.15, 0.2) is 0 Å². The summed E-state index contributed by atoms with van der Waals surface area (Å²) < 4.78 is 66.2. The smallest absolute Gasteiger partial charge is 0.406 e. The van der Waals surface area contributed by atoms with Crippen molar-refractivity contribution in [1.82, 2.24) is 4.31 Å². The first kappa shape index (κ1) is 18.7. The first-order valence-corrected chi connectivity index (χ1v) is 7.84. The molecule has 0 aromatic heterocycles. The fraction of sp³-hybridized carbons (Fsp3) is 0.538. The van der Waals surface area contributed by atoms with Crippen LogP contribution in [0, 0.1) is 5.41 Å². The molecule has 1 aromatic carbocycles. The van der Waals surface area contributed by atoms with Crippen LogP contribution in [0.1, 0.15) is 13.8 Å². The minimum atomic E-state index is -4.88. The van der Waals surface area contributed by atoms with Gasteiger partial charge in [-0.3, -0.25) is 0 Å². The molecule has 0 aliphatic carbocycles. The monoisotopic (exact) mass is 340 g/mol. The summed E-state index contributed by atoms with van der Waals surface area (Å²) in [5, 5.41) is 0. The lowest BCUT2D eigenvalue weighted by molar-refractivity contribution is -0.274. The van der Waals surface area contributed by atoms with Gasteiger partial charge in [0.25, 0.3) is 0 Å². The molecule has 0 bridgehead atoms. The fourth-order valence-electron chi connectivity index (χ4n) is 1.76. The van der Waals surface area contributed by atoms with Gasteiger partial charge in [0.05, 0.1) is 4.90 Å². The number of nitrogens with zero attached hydrogens (tertiary/aromatic N) is 1. The van der Waals surface area contributed by atoms with E-state index in [-0.39, 0.29) is 18.0 Å². The number of sulfonamides is 1. The molecule has 0 heterocycles. The van der Waals surface area contributed by atoms with Crippen LogP contribution in [-0.2, 0) is 10.0 Å². The highest BCUT2D eigenvalue weighted by Gasteiger charge is 2.32. The number of benzene rings is 1. The highest BCUT2D eigenvalue weighted by molar-refractivity contribution is 7.89. The van der Waals surface area contributed by atoms with Gasteiger partial charge in [0, 0.05) is 19.7 Å². The quantitative estimate of drug-likeness (QED) is 0.862. The summed E-state index contributed by atoms with van der Waals surface area (Å²) in [7, 11) is -2.58. The Bertz CT molecular complexity index is 615. The van der Waals surface area contributed by atoms with Crippen molar-refractivity contribution in [2.24, 2.45) is 11.1 Å². The molecule has 2 N–H and O–H groups in total. The summed E-state index contributed by atoms with van der Waals surface area (Å²) in [4.78, 5) is -0.274. The summed E-state index contributed by atoms with van der Waals surface area (Å²) in [6.07, 6.45) is -4.88. The van der Waals surface area contributed by atoms with E-state index in [1.54, 1.807) is 13.8 Å². The SMILES string of the molecule is CN(CC(C)(C)CN)S(=O)(=O)c1cccc(OC(F)(F)F)c1. The highest BCUT2D eigenvalue weighted by Crippen LogP contribution is 2.27. The number of ether oxygens (including phenoxy) is 1. The van der Waals surface area contributed by atoms with Crippen molar-refractivity contribution in [1.29, 1.82) is 0 Å². The van der Waals surface area contributed by atoms with Gasteiger partial charge in [-0.15, -0.1) is 13.2 Å². The van der Waals surface area contributed by atoms with Gasteiger partial charge in [-0.2, -0.15) is 0 Å². The largest absolute Gasteiger partial charge is 0.573 e. The average Bonchev–Trinajstić information content (AvgIpc) is 2.36. The summed E-state index contributed by atoms with van der Waals surface area (Å²) in [5.74, 6) is -0.583. The van der Waals surface area contributed by atoms with Crippen LogP contribution >= 0.6 is 0 Å². The zero-order valence-corrected chi connectivity index (χ0v) is 13.3. The maximum atomic E-state index is 12.4. The van der Waals surface area contributed by atoms with Crippen molar-refractivity contribution in [3.63, 3.8) is 0 Å². The molecular formula is C13H19F3N2O3S. The molecule has 5 nitrogen and oxygen atoms in total. The molecule has 0 fully saturated rings. The Hall–Kier alpha value is -1.32. The van der Waals surface area contributed by atoms with E-state index >= 15 is 0 Å². The van der Waals surface area contributed by atoms with E-state index in [9.17, 15) is 21.6 Å². The molecule has 0 saturated heterocycles. The van der Waals surface area contributed by atoms with E-state index in [0.29, 0.717) is 0 Å². The molecule has 126 valence electrons. The maximum Gasteiger partial charge on any atom is 0.573 e. The third-order valence-electron chi connectivity index (χ3n) is 2.95. The zero-order valence-electron chi connectivity index (χ0n) is 12.5. The molecule has 0 spiro atoms. The lowest BCUT2D eigenvalue weighted by atomic mass is 9.94. The predicted molar refractivity (Wildman–Crippen MR) is 75.8 cm³/mol. The topological polar surface area (TPSA) is 72.6 Å². The summed E-state index contributed by atoms with van der Waals surface area (Å²) in [6.45, 7) is 3.99. The summed E-state index contributed by atoms with van der Waals surface area (Å²) in [5.41, 5.74) is 5.11. The molecule has 0 aliphatic rings. The van der Waals surface area contributed by atoms with Gasteiger partial charge >= 0.3 is 6.36 Å². The highest BCUT2D eigenvalue weighted by atomic mass is 32.2. The summed E-state index contributed by atoms with van der Waals surface area (Å²) in [6, 6.07) is 4.28. The van der Waals surface area contributed by atoms with Crippen molar-refractivity contribution < 1.29 is 26.3 Å². The van der Waals surface area contributed by atoms with E-state index in [1.165, 1.54) is 19.2 Å². The standard InChI is InChI=1S/C13H19F3N2O3S/c1-12(2,8-17)9-18(3)22(19,20)11-6-4-5-10(7-11)21-13(14,15)16/h4-7H,8-9,17H2,1-3H3. The first-order valence-electron chi connectivity index (χ1n) is 6.40. The second-order valence-corrected chi connectivity index (χ2v) is 7.70. The molecule has 0 atom stereocenters. The van der Waals surface area contributed by atoms with E-state index in [1.807, 2.05) is 0 Å². The number of hydrogen-bond donors (Lipinski definition) is 1. The molecular weight excluding hydrogens is 321 g/mol. The zero-order chi connectivity index (χ0) is 17.2. The molecule has 9 heteroatoms. The van der Waals surface area contributed by atoms with Gasteiger partial charge in [-0.1, -0.05) is 19.9 Å². The molecule has 1 aromatic rings. The van der Waals surface area contributed by atoms with Crippen LogP contribution in [0.2, 0.25) is 0 Å². The number of rotatable bonds is 6. The van der Waals surface area contributed by atoms with E-state index < -0.39 is 27.6 Å². The Morgan fingerprint density at radius 3 is 2.36 bits per heavy atom. The van der Waals surface area contributed by atoms with E-state index in [0.717, 1.165) is 16.4 Å². The van der Waals surface area contributed by atoms with Crippen molar-refractivity contribution in [3.05, 3.63) is 24.3 Å². The van der Waals surface area contributed by atoms with Crippen LogP contribution in [0.25, 0.3) is 0 Å². The Labute approximate surface area is 127 Å². The van der Waals surface area contributed by atoms with E-state index in [2.05, 4.69) is 4.74 Å². The normalized spacial score (nSPS) is 13.5. The second-order valence-electron chi connectivity index (χ2n) is 5.65. The Balaban J connectivity index is 3.05. The van der Waals surface area contributed by atoms with Crippen LogP contribution in [-0.4, -0.2) is 39.2 Å². The van der Waals surface area contributed by atoms with Gasteiger partial charge in [0.2, 0.25) is 10.0 Å². The average molecular weight is 340 g/mol. The second kappa shape index (κ2) is 6.43. The number of halogens is 3. The third-order valence-corrected chi connectivity index (χ3v) is 4.75. The molecule has 22 heavy (non-hydrogen) atoms. The van der Waals surface area contributed by atoms with Gasteiger partial charge in [-0.25, -0.2) is 12.7 Å². The number of nitrogens with two attached hydrogens (primary N) is 1. The van der Waals surface area contributed by atoms with Gasteiger partial charge < -0.3 is 10.5 Å². The van der Waals surface area contributed by atoms with Crippen molar-refractivity contribution >= 4 is 10.0 Å². The lowest BCUT2D eigenvalue weighted by Crippen LogP contribution is -2.39. The summed E-state index contributed by atoms with van der Waals surface area (Å²) >= 11 is 0. The lowest BCUT2D eigenvalue weighted by Gasteiger charge is -2.28. The Morgan fingerprint density at radius 2 is 1.86 bits per heavy atom. The minimum Gasteiger partial charge on any atom is -0.406 e. The van der Waals surface area contributed by atoms with Crippen LogP contribution in [0.15, 0.2) is 29.2 Å². The Morgan fingerprint density at radius 1 is 1.27 bits per heavy atom. The maximum absolute atomic E-state index is 12.4. The fourth-order valence-corrected chi connectivity index (χ4v) is 3.16. The molecule has 0 aliphatic heterocycles. The minimum absolute atomic E-state index is 0.135. The van der Waals surface area contributed by atoms with Crippen LogP contribution in [0.4, 0.5) is 13.2 Å². The molecule has 0 saturated carbocycles. The molecule has 1 rings (SSSR count). The van der Waals surface area contributed by atoms with Crippen molar-refractivity contribution in [2.45, 2.75) is 25.1 Å². The number of hydrogen-bond acceptors (Lipinski definition) is 4. The van der Waals surface area contributed by atoms with Crippen LogP contribution < -0.4 is 10.5 Å². The third kappa shape index (κ3) is 5.15. The van der Waals surface area contributed by atoms with Crippen LogP contribution in [0.5, 0.6) is 5.75 Å². The van der Waals surface area contributed by atoms with E-state index in [4.69, 9.17) is 5.73 Å². The number of alkyl halides is 3. The first-order chi connectivity index (χ1) is 9.87. The Kier molecular flexibility index (Phi) is 5.47. The van der Waals surface area contributed by atoms with Crippen LogP contribution in [0.3, 0.4) is 0 Å². The van der Waals surface area contributed by atoms with Crippen molar-refractivity contribution in [3.8, 4) is 5.75 Å². The predicted octanol–water partition coefficient (Wildman–Crippen LogP) is 2.19.